The van der Waals surface area contributed by atoms with E-state index in [1.54, 1.807) is 74.8 Å². The Morgan fingerprint density at radius 2 is 0.983 bits per heavy atom. The van der Waals surface area contributed by atoms with Gasteiger partial charge in [0.15, 0.2) is 11.5 Å². The molecule has 2 saturated heterocycles. The Morgan fingerprint density at radius 3 is 1.32 bits per heavy atom. The van der Waals surface area contributed by atoms with Crippen molar-refractivity contribution in [2.45, 2.75) is 61.8 Å². The number of aliphatic hydroxyl groups is 2. The zero-order valence-electron chi connectivity index (χ0n) is 33.0. The predicted octanol–water partition coefficient (Wildman–Crippen LogP) is 3.28. The van der Waals surface area contributed by atoms with Gasteiger partial charge in [0.1, 0.15) is 11.6 Å². The molecule has 1 unspecified atom stereocenters. The molecular formula is C40H44N8O10S2. The number of pyridine rings is 2. The van der Waals surface area contributed by atoms with Crippen LogP contribution in [0.3, 0.4) is 0 Å². The third kappa shape index (κ3) is 9.25. The van der Waals surface area contributed by atoms with Gasteiger partial charge in [0, 0.05) is 35.7 Å². The molecule has 316 valence electrons. The van der Waals surface area contributed by atoms with E-state index in [1.807, 2.05) is 13.8 Å². The molecule has 0 amide bonds. The lowest BCUT2D eigenvalue weighted by Crippen LogP contribution is -2.42. The molecule has 2 aliphatic rings. The SMILES string of the molecule is Cc1cc(-c2cc(-c3cc(S(=O)(=O)NC4COC[C@H]4O)ccc3C)cnc2N)on1.Cc1cc(-c2cc(-c3cc(S(=O)(=O)N[C@H]4COC[C@@H]4O)ccc3C)cnc2N)on1. The van der Waals surface area contributed by atoms with Gasteiger partial charge in [-0.1, -0.05) is 22.4 Å². The minimum Gasteiger partial charge on any atom is -0.389 e. The number of hydrogen-bond donors (Lipinski definition) is 6. The van der Waals surface area contributed by atoms with E-state index in [-0.39, 0.29) is 47.9 Å². The number of nitrogens with one attached hydrogen (secondary N) is 2. The van der Waals surface area contributed by atoms with Crippen LogP contribution in [0, 0.1) is 27.7 Å². The third-order valence-electron chi connectivity index (χ3n) is 10.00. The maximum Gasteiger partial charge on any atom is 0.241 e. The second-order valence-corrected chi connectivity index (χ2v) is 18.0. The van der Waals surface area contributed by atoms with Crippen molar-refractivity contribution in [3.8, 4) is 44.9 Å². The Kier molecular flexibility index (Phi) is 12.2. The van der Waals surface area contributed by atoms with E-state index in [9.17, 15) is 27.0 Å². The lowest BCUT2D eigenvalue weighted by atomic mass is 10.00. The molecule has 2 aromatic carbocycles. The average Bonchev–Trinajstić information content (AvgIpc) is 4.03. The van der Waals surface area contributed by atoms with E-state index < -0.39 is 44.3 Å². The maximum atomic E-state index is 12.8. The number of nitrogen functional groups attached to an aromatic ring is 2. The van der Waals surface area contributed by atoms with Gasteiger partial charge in [-0.05, 0) is 86.3 Å². The van der Waals surface area contributed by atoms with Gasteiger partial charge in [-0.25, -0.2) is 36.2 Å². The molecule has 6 aromatic rings. The third-order valence-corrected chi connectivity index (χ3v) is 13.0. The number of hydrogen-bond acceptors (Lipinski definition) is 16. The molecular weight excluding hydrogens is 817 g/mol. The standard InChI is InChI=1S/2C20H22N4O5S/c2*1-11-3-4-14(30(26,27)24-17-9-28-10-18(17)25)7-15(11)13-6-16(20(21)22-8-13)19-5-12(2)23-29-19/h2*3-8,17-18,24-25H,9-10H2,1-2H3,(H2,21,22)/t17?,18-;17-,18-/m10/s1. The quantitative estimate of drug-likeness (QED) is 0.115. The fourth-order valence-corrected chi connectivity index (χ4v) is 9.19. The van der Waals surface area contributed by atoms with Crippen LogP contribution in [0.4, 0.5) is 11.6 Å². The summed E-state index contributed by atoms with van der Waals surface area (Å²) in [6.07, 6.45) is 1.42. The Bertz CT molecular complexity index is 2570. The molecule has 18 nitrogen and oxygen atoms in total. The van der Waals surface area contributed by atoms with Crippen LogP contribution in [0.25, 0.3) is 44.9 Å². The topological polar surface area (TPSA) is 281 Å². The van der Waals surface area contributed by atoms with Crippen LogP contribution in [0.15, 0.2) is 91.9 Å². The van der Waals surface area contributed by atoms with Crippen LogP contribution >= 0.6 is 0 Å². The highest BCUT2D eigenvalue weighted by atomic mass is 32.2. The molecule has 60 heavy (non-hydrogen) atoms. The normalized spacial score (nSPS) is 19.3. The lowest BCUT2D eigenvalue weighted by molar-refractivity contribution is 0.124. The zero-order valence-corrected chi connectivity index (χ0v) is 34.6. The molecule has 0 saturated carbocycles. The fourth-order valence-electron chi connectivity index (χ4n) is 6.63. The van der Waals surface area contributed by atoms with Crippen molar-refractivity contribution < 1.29 is 45.6 Å². The van der Waals surface area contributed by atoms with Gasteiger partial charge in [-0.3, -0.25) is 0 Å². The summed E-state index contributed by atoms with van der Waals surface area (Å²) in [5.41, 5.74) is 19.1. The van der Waals surface area contributed by atoms with E-state index in [0.717, 1.165) is 11.1 Å². The molecule has 4 aromatic heterocycles. The molecule has 8 N–H and O–H groups in total. The van der Waals surface area contributed by atoms with Crippen molar-refractivity contribution in [1.29, 1.82) is 0 Å². The molecule has 20 heteroatoms. The number of nitrogens with two attached hydrogens (primary N) is 2. The van der Waals surface area contributed by atoms with E-state index in [2.05, 4.69) is 29.7 Å². The van der Waals surface area contributed by atoms with Crippen LogP contribution in [-0.4, -0.2) is 98.0 Å². The summed E-state index contributed by atoms with van der Waals surface area (Å²) >= 11 is 0. The van der Waals surface area contributed by atoms with Crippen molar-refractivity contribution in [2.75, 3.05) is 37.9 Å². The first-order chi connectivity index (χ1) is 28.5. The number of rotatable bonds is 10. The second kappa shape index (κ2) is 17.2. The zero-order chi connectivity index (χ0) is 42.9. The Morgan fingerprint density at radius 1 is 0.583 bits per heavy atom. The van der Waals surface area contributed by atoms with Gasteiger partial charge >= 0.3 is 0 Å². The summed E-state index contributed by atoms with van der Waals surface area (Å²) < 4.78 is 77.2. The minimum atomic E-state index is -3.85. The summed E-state index contributed by atoms with van der Waals surface area (Å²) in [6, 6.07) is 15.4. The fraction of sp³-hybridized carbons (Fsp3) is 0.300. The number of aromatic nitrogens is 4. The van der Waals surface area contributed by atoms with Crippen molar-refractivity contribution in [1.82, 2.24) is 29.7 Å². The molecule has 6 heterocycles. The van der Waals surface area contributed by atoms with Crippen LogP contribution in [-0.2, 0) is 29.5 Å². The first-order valence-electron chi connectivity index (χ1n) is 18.7. The Balaban J connectivity index is 0.000000181. The van der Waals surface area contributed by atoms with E-state index >= 15 is 0 Å². The van der Waals surface area contributed by atoms with Gasteiger partial charge in [-0.2, -0.15) is 0 Å². The maximum absolute atomic E-state index is 12.8. The van der Waals surface area contributed by atoms with Gasteiger partial charge in [0.25, 0.3) is 0 Å². The van der Waals surface area contributed by atoms with Gasteiger partial charge in [0.05, 0.1) is 83.0 Å². The van der Waals surface area contributed by atoms with E-state index in [1.165, 1.54) is 12.1 Å². The average molecular weight is 861 g/mol. The number of sulfonamides is 2. The summed E-state index contributed by atoms with van der Waals surface area (Å²) in [7, 11) is -7.71. The molecule has 0 spiro atoms. The highest BCUT2D eigenvalue weighted by molar-refractivity contribution is 7.89. The number of nitrogens with zero attached hydrogens (tertiary/aromatic N) is 4. The summed E-state index contributed by atoms with van der Waals surface area (Å²) in [5, 5.41) is 27.5. The summed E-state index contributed by atoms with van der Waals surface area (Å²) in [6.45, 7) is 7.82. The van der Waals surface area contributed by atoms with Crippen molar-refractivity contribution in [3.63, 3.8) is 0 Å². The highest BCUT2D eigenvalue weighted by Crippen LogP contribution is 2.34. The number of aryl methyl sites for hydroxylation is 4. The minimum absolute atomic E-state index is 0.0797. The number of aliphatic hydroxyl groups excluding tert-OH is 2. The van der Waals surface area contributed by atoms with Crippen LogP contribution in [0.5, 0.6) is 0 Å². The van der Waals surface area contributed by atoms with Crippen molar-refractivity contribution >= 4 is 31.7 Å². The van der Waals surface area contributed by atoms with Gasteiger partial charge < -0.3 is 40.2 Å². The molecule has 0 bridgehead atoms. The van der Waals surface area contributed by atoms with Gasteiger partial charge in [-0.15, -0.1) is 0 Å². The van der Waals surface area contributed by atoms with Crippen molar-refractivity contribution in [3.05, 3.63) is 95.6 Å². The van der Waals surface area contributed by atoms with Gasteiger partial charge in [0.2, 0.25) is 20.0 Å². The molecule has 2 fully saturated rings. The molecule has 8 rings (SSSR count). The first kappa shape index (κ1) is 42.5. The van der Waals surface area contributed by atoms with Crippen LogP contribution in [0.2, 0.25) is 0 Å². The van der Waals surface area contributed by atoms with E-state index in [4.69, 9.17) is 30.0 Å². The predicted molar refractivity (Wildman–Crippen MR) is 220 cm³/mol. The highest BCUT2D eigenvalue weighted by Gasteiger charge is 2.32. The first-order valence-corrected chi connectivity index (χ1v) is 21.6. The molecule has 2 aliphatic heterocycles. The Labute approximate surface area is 346 Å². The second-order valence-electron chi connectivity index (χ2n) is 14.6. The molecule has 4 atom stereocenters. The Hall–Kier alpha value is -5.58. The molecule has 0 aliphatic carbocycles. The smallest absolute Gasteiger partial charge is 0.241 e. The lowest BCUT2D eigenvalue weighted by Gasteiger charge is -2.16. The molecule has 0 radical (unpaired) electrons. The summed E-state index contributed by atoms with van der Waals surface area (Å²) in [4.78, 5) is 8.64. The summed E-state index contributed by atoms with van der Waals surface area (Å²) in [5.74, 6) is 1.54. The monoisotopic (exact) mass is 860 g/mol. The van der Waals surface area contributed by atoms with Crippen molar-refractivity contribution in [2.24, 2.45) is 0 Å². The number of benzene rings is 2. The van der Waals surface area contributed by atoms with Crippen LogP contribution in [0.1, 0.15) is 22.5 Å². The number of ether oxygens (including phenoxy) is 2. The largest absolute Gasteiger partial charge is 0.389 e. The van der Waals surface area contributed by atoms with E-state index in [0.29, 0.717) is 56.3 Å². The van der Waals surface area contributed by atoms with Crippen LogP contribution < -0.4 is 20.9 Å². The number of anilines is 2.